The number of hydrogen-bond donors (Lipinski definition) is 3. The maximum atomic E-state index is 15.5. The molecule has 0 bridgehead atoms. The second kappa shape index (κ2) is 12.0. The van der Waals surface area contributed by atoms with Crippen molar-refractivity contribution in [2.24, 2.45) is 52.3 Å². The van der Waals surface area contributed by atoms with E-state index in [0.717, 1.165) is 57.1 Å². The first-order valence-corrected chi connectivity index (χ1v) is 17.8. The number of carbonyl (C=O) groups excluding carboxylic acids is 1. The highest BCUT2D eigenvalue weighted by Crippen LogP contribution is 2.69. The molecule has 11 atom stereocenters. The number of carbonyl (C=O) groups is 1. The predicted molar refractivity (Wildman–Crippen MR) is 160 cm³/mol. The molecule has 1 aromatic carbocycles. The van der Waals surface area contributed by atoms with Crippen LogP contribution in [0.4, 0.5) is 22.4 Å². The number of aliphatic hydroxyl groups excluding tert-OH is 1. The SMILES string of the molecule is CC[C@H]1CC2C3CCC([C@H](C)CCNC(=O)NS(=O)(=O)c4ccccc4C(F)(F)F)[C@@]3(C)CCC2[C@@]2(C)CC[C@@H](O)[C@H](F)[C@@H]12. The summed E-state index contributed by atoms with van der Waals surface area (Å²) >= 11 is 0. The molecule has 4 fully saturated rings. The molecule has 0 heterocycles. The molecule has 0 aromatic heterocycles. The van der Waals surface area contributed by atoms with E-state index < -0.39 is 45.0 Å². The molecule has 3 N–H and O–H groups in total. The molecular formula is C33H48F4N2O4S. The minimum atomic E-state index is -4.88. The monoisotopic (exact) mass is 644 g/mol. The smallest absolute Gasteiger partial charge is 0.390 e. The van der Waals surface area contributed by atoms with Crippen LogP contribution in [0.5, 0.6) is 0 Å². The first kappa shape index (κ1) is 33.5. The van der Waals surface area contributed by atoms with Crippen LogP contribution < -0.4 is 10.0 Å². The minimum Gasteiger partial charge on any atom is -0.390 e. The van der Waals surface area contributed by atoms with Crippen molar-refractivity contribution in [3.8, 4) is 0 Å². The van der Waals surface area contributed by atoms with Gasteiger partial charge in [-0.3, -0.25) is 0 Å². The Morgan fingerprint density at radius 2 is 1.73 bits per heavy atom. The van der Waals surface area contributed by atoms with Crippen LogP contribution in [0.25, 0.3) is 0 Å². The second-order valence-corrected chi connectivity index (χ2v) is 16.4. The highest BCUT2D eigenvalue weighted by molar-refractivity contribution is 7.90. The van der Waals surface area contributed by atoms with Gasteiger partial charge in [-0.2, -0.15) is 13.2 Å². The lowest BCUT2D eigenvalue weighted by molar-refractivity contribution is -0.180. The van der Waals surface area contributed by atoms with Crippen molar-refractivity contribution in [3.63, 3.8) is 0 Å². The summed E-state index contributed by atoms with van der Waals surface area (Å²) in [7, 11) is -4.72. The molecule has 248 valence electrons. The Kier molecular flexibility index (Phi) is 9.17. The van der Waals surface area contributed by atoms with Crippen molar-refractivity contribution in [1.29, 1.82) is 0 Å². The number of fused-ring (bicyclic) bond motifs is 5. The van der Waals surface area contributed by atoms with Gasteiger partial charge in [0.1, 0.15) is 6.17 Å². The lowest BCUT2D eigenvalue weighted by Crippen LogP contribution is -2.60. The van der Waals surface area contributed by atoms with E-state index in [1.54, 1.807) is 4.72 Å². The molecule has 4 saturated carbocycles. The van der Waals surface area contributed by atoms with Gasteiger partial charge in [0.2, 0.25) is 0 Å². The van der Waals surface area contributed by atoms with Gasteiger partial charge in [-0.15, -0.1) is 0 Å². The van der Waals surface area contributed by atoms with E-state index in [2.05, 4.69) is 33.0 Å². The van der Waals surface area contributed by atoms with Crippen LogP contribution in [-0.2, 0) is 16.2 Å². The van der Waals surface area contributed by atoms with E-state index in [0.29, 0.717) is 42.6 Å². The summed E-state index contributed by atoms with van der Waals surface area (Å²) in [5.74, 6) is 2.40. The Bertz CT molecular complexity index is 1320. The number of halogens is 4. The summed E-state index contributed by atoms with van der Waals surface area (Å²) in [6.07, 6.45) is 1.41. The van der Waals surface area contributed by atoms with Gasteiger partial charge in [0.05, 0.1) is 16.6 Å². The molecule has 0 aliphatic heterocycles. The van der Waals surface area contributed by atoms with Gasteiger partial charge >= 0.3 is 12.2 Å². The number of aliphatic hydroxyl groups is 1. The third kappa shape index (κ3) is 5.77. The molecule has 1 aromatic rings. The molecule has 4 aliphatic rings. The van der Waals surface area contributed by atoms with Gasteiger partial charge < -0.3 is 10.4 Å². The lowest BCUT2D eigenvalue weighted by Gasteiger charge is -2.63. The average molecular weight is 645 g/mol. The van der Waals surface area contributed by atoms with Crippen molar-refractivity contribution in [2.75, 3.05) is 6.54 Å². The molecule has 0 spiro atoms. The summed E-state index contributed by atoms with van der Waals surface area (Å²) in [4.78, 5) is 11.5. The Hall–Kier alpha value is -1.88. The van der Waals surface area contributed by atoms with Crippen LogP contribution in [0.2, 0.25) is 0 Å². The zero-order valence-electron chi connectivity index (χ0n) is 26.2. The Morgan fingerprint density at radius 3 is 2.41 bits per heavy atom. The number of alkyl halides is 4. The number of benzene rings is 1. The van der Waals surface area contributed by atoms with Crippen molar-refractivity contribution < 1.29 is 35.9 Å². The van der Waals surface area contributed by atoms with Gasteiger partial charge in [0, 0.05) is 12.5 Å². The van der Waals surface area contributed by atoms with Crippen LogP contribution in [0.1, 0.15) is 91.0 Å². The first-order valence-electron chi connectivity index (χ1n) is 16.3. The van der Waals surface area contributed by atoms with E-state index >= 15 is 4.39 Å². The van der Waals surface area contributed by atoms with Gasteiger partial charge in [-0.25, -0.2) is 22.3 Å². The van der Waals surface area contributed by atoms with Gasteiger partial charge in [-0.1, -0.05) is 46.2 Å². The molecule has 4 unspecified atom stereocenters. The van der Waals surface area contributed by atoms with Crippen LogP contribution in [0.3, 0.4) is 0 Å². The van der Waals surface area contributed by atoms with Crippen molar-refractivity contribution in [1.82, 2.24) is 10.0 Å². The summed E-state index contributed by atoms with van der Waals surface area (Å²) in [6, 6.07) is 2.72. The molecule has 5 rings (SSSR count). The van der Waals surface area contributed by atoms with Gasteiger partial charge in [0.15, 0.2) is 0 Å². The molecule has 0 radical (unpaired) electrons. The molecular weight excluding hydrogens is 596 g/mol. The largest absolute Gasteiger partial charge is 0.417 e. The highest BCUT2D eigenvalue weighted by Gasteiger charge is 2.64. The van der Waals surface area contributed by atoms with E-state index in [4.69, 9.17) is 0 Å². The number of amides is 2. The summed E-state index contributed by atoms with van der Waals surface area (Å²) < 4.78 is 82.5. The number of sulfonamides is 1. The first-order chi connectivity index (χ1) is 20.5. The summed E-state index contributed by atoms with van der Waals surface area (Å²) in [5.41, 5.74) is -1.30. The van der Waals surface area contributed by atoms with Gasteiger partial charge in [-0.05, 0) is 110 Å². The van der Waals surface area contributed by atoms with E-state index in [9.17, 15) is 31.5 Å². The Morgan fingerprint density at radius 1 is 1.07 bits per heavy atom. The summed E-state index contributed by atoms with van der Waals surface area (Å²) in [6.45, 7) is 9.23. The third-order valence-corrected chi connectivity index (χ3v) is 14.1. The number of rotatable bonds is 7. The standard InChI is InChI=1S/C33H48F4N2O4S/c1-5-20-18-21-23-11-10-22(31(23,3)15-12-24(21)32(4)16-13-26(40)29(34)28(20)32)19(2)14-17-38-30(41)39-44(42,43)27-9-7-6-8-25(27)33(35,36)37/h6-9,19-24,26,28-29,40H,5,10-18H2,1-4H3,(H2,38,39,41)/t19-,20+,21?,22?,23?,24?,26-,28-,29+,31-,32-/m1/s1. The molecule has 11 heteroatoms. The maximum absolute atomic E-state index is 15.5. The van der Waals surface area contributed by atoms with Crippen LogP contribution in [0, 0.1) is 52.3 Å². The zero-order chi connectivity index (χ0) is 32.2. The molecule has 2 amide bonds. The maximum Gasteiger partial charge on any atom is 0.417 e. The molecule has 44 heavy (non-hydrogen) atoms. The number of hydrogen-bond acceptors (Lipinski definition) is 4. The Balaban J connectivity index is 1.21. The molecule has 4 aliphatic carbocycles. The van der Waals surface area contributed by atoms with Crippen LogP contribution in [-0.4, -0.2) is 38.4 Å². The average Bonchev–Trinajstić information content (AvgIpc) is 3.31. The lowest BCUT2D eigenvalue weighted by atomic mass is 9.42. The molecule has 0 saturated heterocycles. The van der Waals surface area contributed by atoms with Crippen LogP contribution >= 0.6 is 0 Å². The predicted octanol–water partition coefficient (Wildman–Crippen LogP) is 7.32. The van der Waals surface area contributed by atoms with E-state index in [1.165, 1.54) is 6.07 Å². The normalized spacial score (nSPS) is 39.5. The van der Waals surface area contributed by atoms with Crippen molar-refractivity contribution >= 4 is 16.1 Å². The number of nitrogens with one attached hydrogen (secondary N) is 2. The fraction of sp³-hybridized carbons (Fsp3) is 0.788. The van der Waals surface area contributed by atoms with E-state index in [1.807, 2.05) is 0 Å². The second-order valence-electron chi connectivity index (χ2n) is 14.7. The highest BCUT2D eigenvalue weighted by atomic mass is 32.2. The minimum absolute atomic E-state index is 0.0824. The number of urea groups is 1. The molecule has 6 nitrogen and oxygen atoms in total. The fourth-order valence-electron chi connectivity index (χ4n) is 10.7. The van der Waals surface area contributed by atoms with E-state index in [-0.39, 0.29) is 35.1 Å². The zero-order valence-corrected chi connectivity index (χ0v) is 27.0. The van der Waals surface area contributed by atoms with Crippen molar-refractivity contribution in [2.45, 2.75) is 109 Å². The van der Waals surface area contributed by atoms with Crippen molar-refractivity contribution in [3.05, 3.63) is 29.8 Å². The Labute approximate surface area is 259 Å². The fourth-order valence-corrected chi connectivity index (χ4v) is 11.9. The topological polar surface area (TPSA) is 95.5 Å². The van der Waals surface area contributed by atoms with Gasteiger partial charge in [0.25, 0.3) is 10.0 Å². The summed E-state index contributed by atoms with van der Waals surface area (Å²) in [5, 5.41) is 12.9. The third-order valence-electron chi connectivity index (χ3n) is 12.7. The quantitative estimate of drug-likeness (QED) is 0.271. The van der Waals surface area contributed by atoms with Crippen LogP contribution in [0.15, 0.2) is 29.2 Å².